The molecule has 1 aliphatic heterocycles. The maximum absolute atomic E-state index is 13.4. The number of rotatable bonds is 5. The number of fused-ring (bicyclic) bond motifs is 2. The van der Waals surface area contributed by atoms with Crippen molar-refractivity contribution in [2.45, 2.75) is 52.8 Å². The summed E-state index contributed by atoms with van der Waals surface area (Å²) in [5, 5.41) is 15.2. The molecule has 0 amide bonds. The van der Waals surface area contributed by atoms with Gasteiger partial charge in [0.15, 0.2) is 6.23 Å². The van der Waals surface area contributed by atoms with Crippen molar-refractivity contribution in [1.29, 1.82) is 0 Å². The van der Waals surface area contributed by atoms with E-state index < -0.39 is 18.2 Å². The Morgan fingerprint density at radius 1 is 1.11 bits per heavy atom. The molecule has 6 rings (SSSR count). The number of carbonyl (C=O) groups is 1. The van der Waals surface area contributed by atoms with Crippen LogP contribution in [0.25, 0.3) is 38.9 Å². The van der Waals surface area contributed by atoms with E-state index in [9.17, 15) is 14.7 Å². The summed E-state index contributed by atoms with van der Waals surface area (Å²) in [7, 11) is 0. The summed E-state index contributed by atoms with van der Waals surface area (Å²) in [5.41, 5.74) is 6.51. The first-order chi connectivity index (χ1) is 18.3. The van der Waals surface area contributed by atoms with Crippen molar-refractivity contribution in [2.24, 2.45) is 0 Å². The van der Waals surface area contributed by atoms with Crippen LogP contribution in [0.1, 0.15) is 42.3 Å². The lowest BCUT2D eigenvalue weighted by atomic mass is 10.0. The summed E-state index contributed by atoms with van der Waals surface area (Å²) < 4.78 is 10.7. The van der Waals surface area contributed by atoms with Crippen LogP contribution in [-0.4, -0.2) is 46.6 Å². The van der Waals surface area contributed by atoms with Gasteiger partial charge in [-0.15, -0.1) is 0 Å². The lowest BCUT2D eigenvalue weighted by Gasteiger charge is -2.23. The lowest BCUT2D eigenvalue weighted by molar-refractivity contribution is -0.137. The van der Waals surface area contributed by atoms with E-state index in [0.717, 1.165) is 64.9 Å². The molecule has 38 heavy (non-hydrogen) atoms. The van der Waals surface area contributed by atoms with Crippen molar-refractivity contribution in [2.75, 3.05) is 6.61 Å². The maximum atomic E-state index is 13.4. The molecular formula is C28H28N6O4. The van der Waals surface area contributed by atoms with Crippen LogP contribution in [0.2, 0.25) is 0 Å². The highest BCUT2D eigenvalue weighted by Crippen LogP contribution is 2.34. The summed E-state index contributed by atoms with van der Waals surface area (Å²) in [6.07, 6.45) is 8.24. The zero-order chi connectivity index (χ0) is 26.6. The fourth-order valence-corrected chi connectivity index (χ4v) is 5.55. The fourth-order valence-electron chi connectivity index (χ4n) is 5.55. The molecule has 1 saturated heterocycles. The lowest BCUT2D eigenvalue weighted by Crippen LogP contribution is -2.26. The van der Waals surface area contributed by atoms with Crippen molar-refractivity contribution in [3.63, 3.8) is 0 Å². The fraction of sp³-hybridized carbons (Fsp3) is 0.321. The number of hydrogen-bond acceptors (Lipinski definition) is 6. The predicted octanol–water partition coefficient (Wildman–Crippen LogP) is 4.31. The molecule has 1 aromatic carbocycles. The Morgan fingerprint density at radius 2 is 1.95 bits per heavy atom. The Bertz CT molecular complexity index is 1770. The molecule has 1 aliphatic rings. The van der Waals surface area contributed by atoms with Crippen molar-refractivity contribution >= 4 is 27.9 Å². The van der Waals surface area contributed by atoms with Crippen molar-refractivity contribution in [3.05, 3.63) is 70.2 Å². The maximum Gasteiger partial charge on any atom is 0.334 e. The van der Waals surface area contributed by atoms with E-state index >= 15 is 0 Å². The highest BCUT2D eigenvalue weighted by molar-refractivity contribution is 5.96. The average molecular weight is 513 g/mol. The van der Waals surface area contributed by atoms with Crippen LogP contribution in [0.4, 0.5) is 0 Å². The van der Waals surface area contributed by atoms with E-state index in [2.05, 4.69) is 4.98 Å². The third-order valence-corrected chi connectivity index (χ3v) is 7.24. The number of ether oxygens (including phenoxy) is 1. The van der Waals surface area contributed by atoms with Crippen LogP contribution >= 0.6 is 0 Å². The van der Waals surface area contributed by atoms with Gasteiger partial charge in [-0.25, -0.2) is 9.48 Å². The summed E-state index contributed by atoms with van der Waals surface area (Å²) >= 11 is 0. The van der Waals surface area contributed by atoms with Gasteiger partial charge in [0.2, 0.25) is 0 Å². The highest BCUT2D eigenvalue weighted by Gasteiger charge is 2.23. The third kappa shape index (κ3) is 3.79. The van der Waals surface area contributed by atoms with E-state index in [1.165, 1.54) is 4.57 Å². The molecule has 0 saturated carbocycles. The number of carboxylic acid groups (broad SMARTS) is 1. The van der Waals surface area contributed by atoms with Gasteiger partial charge >= 0.3 is 11.7 Å². The molecule has 4 aromatic heterocycles. The predicted molar refractivity (Wildman–Crippen MR) is 143 cm³/mol. The Kier molecular flexibility index (Phi) is 5.83. The average Bonchev–Trinajstić information content (AvgIpc) is 3.39. The van der Waals surface area contributed by atoms with Crippen LogP contribution in [0, 0.1) is 20.8 Å². The van der Waals surface area contributed by atoms with Crippen LogP contribution < -0.4 is 5.69 Å². The zero-order valence-corrected chi connectivity index (χ0v) is 21.5. The minimum atomic E-state index is -1.08. The number of benzene rings is 1. The summed E-state index contributed by atoms with van der Waals surface area (Å²) in [6, 6.07) is 7.39. The molecule has 10 nitrogen and oxygen atoms in total. The van der Waals surface area contributed by atoms with Crippen molar-refractivity contribution in [1.82, 2.24) is 28.9 Å². The zero-order valence-electron chi connectivity index (χ0n) is 21.5. The Hall–Kier alpha value is -4.31. The van der Waals surface area contributed by atoms with Gasteiger partial charge in [-0.05, 0) is 63.3 Å². The van der Waals surface area contributed by atoms with Gasteiger partial charge in [-0.1, -0.05) is 12.1 Å². The van der Waals surface area contributed by atoms with E-state index in [1.54, 1.807) is 23.0 Å². The second-order valence-electron chi connectivity index (χ2n) is 9.83. The normalized spacial score (nSPS) is 15.9. The van der Waals surface area contributed by atoms with Crippen LogP contribution in [0.5, 0.6) is 0 Å². The molecule has 1 unspecified atom stereocenters. The van der Waals surface area contributed by atoms with E-state index in [-0.39, 0.29) is 6.23 Å². The molecule has 0 aliphatic carbocycles. The standard InChI is InChI=1S/C28H28N6O4/c1-16-7-6-8-21-27(16)33(28(37)32(21)15-24(35)36)19-11-17(2)26(30-12-19)20-13-29-14-22-25(20)18(3)31-34(22)23-9-4-5-10-38-23/h6-8,11-14,23H,4-5,9-10,15H2,1-3H3,(H,35,36). The van der Waals surface area contributed by atoms with Crippen molar-refractivity contribution in [3.8, 4) is 16.9 Å². The first-order valence-corrected chi connectivity index (χ1v) is 12.7. The molecule has 1 fully saturated rings. The molecule has 0 bridgehead atoms. The molecule has 5 heterocycles. The molecule has 0 radical (unpaired) electrons. The van der Waals surface area contributed by atoms with E-state index in [0.29, 0.717) is 16.7 Å². The first-order valence-electron chi connectivity index (χ1n) is 12.7. The minimum absolute atomic E-state index is 0.105. The number of aliphatic carboxylic acids is 1. The number of para-hydroxylation sites is 1. The topological polar surface area (TPSA) is 117 Å². The summed E-state index contributed by atoms with van der Waals surface area (Å²) in [5.74, 6) is -1.08. The van der Waals surface area contributed by atoms with E-state index in [1.807, 2.05) is 49.8 Å². The first kappa shape index (κ1) is 24.1. The molecule has 0 spiro atoms. The van der Waals surface area contributed by atoms with Crippen molar-refractivity contribution < 1.29 is 14.6 Å². The van der Waals surface area contributed by atoms with Gasteiger partial charge < -0.3 is 9.84 Å². The number of pyridine rings is 2. The highest BCUT2D eigenvalue weighted by atomic mass is 16.5. The smallest absolute Gasteiger partial charge is 0.334 e. The number of nitrogens with zero attached hydrogens (tertiary/aromatic N) is 6. The number of hydrogen-bond donors (Lipinski definition) is 1. The number of carboxylic acids is 1. The van der Waals surface area contributed by atoms with Gasteiger partial charge in [0.1, 0.15) is 6.54 Å². The van der Waals surface area contributed by atoms with Crippen LogP contribution in [-0.2, 0) is 16.1 Å². The summed E-state index contributed by atoms with van der Waals surface area (Å²) in [4.78, 5) is 34.2. The second kappa shape index (κ2) is 9.21. The molecule has 1 N–H and O–H groups in total. The van der Waals surface area contributed by atoms with Crippen LogP contribution in [0.3, 0.4) is 0 Å². The van der Waals surface area contributed by atoms with Gasteiger partial charge in [0.05, 0.1) is 46.0 Å². The second-order valence-corrected chi connectivity index (χ2v) is 9.83. The molecule has 194 valence electrons. The number of aromatic nitrogens is 6. The molecule has 1 atom stereocenters. The largest absolute Gasteiger partial charge is 0.480 e. The Balaban J connectivity index is 1.49. The van der Waals surface area contributed by atoms with Gasteiger partial charge in [0.25, 0.3) is 0 Å². The third-order valence-electron chi connectivity index (χ3n) is 7.24. The molecular weight excluding hydrogens is 484 g/mol. The monoisotopic (exact) mass is 512 g/mol. The Morgan fingerprint density at radius 3 is 2.68 bits per heavy atom. The quantitative estimate of drug-likeness (QED) is 0.373. The van der Waals surface area contributed by atoms with E-state index in [4.69, 9.17) is 14.8 Å². The SMILES string of the molecule is Cc1cc(-n2c(=O)n(CC(=O)O)c3cccc(C)c32)cnc1-c1cncc2c1c(C)nn2C1CCCCO1. The minimum Gasteiger partial charge on any atom is -0.480 e. The number of aryl methyl sites for hydroxylation is 3. The summed E-state index contributed by atoms with van der Waals surface area (Å²) in [6.45, 7) is 6.14. The number of imidazole rings is 1. The van der Waals surface area contributed by atoms with Crippen LogP contribution in [0.15, 0.2) is 47.7 Å². The van der Waals surface area contributed by atoms with Gasteiger partial charge in [-0.3, -0.25) is 23.9 Å². The van der Waals surface area contributed by atoms with Gasteiger partial charge in [-0.2, -0.15) is 5.10 Å². The van der Waals surface area contributed by atoms with Gasteiger partial charge in [0, 0.05) is 23.8 Å². The molecule has 10 heteroatoms. The Labute approximate surface area is 218 Å². The molecule has 5 aromatic rings.